The normalized spacial score (nSPS) is 17.8. The van der Waals surface area contributed by atoms with Gasteiger partial charge in [-0.05, 0) is 50.8 Å². The number of Topliss-reactive ketones (excluding diaryl/α,β-unsaturated/α-hetero) is 1. The smallest absolute Gasteiger partial charge is 0.189 e. The minimum absolute atomic E-state index is 0.104. The Kier molecular flexibility index (Phi) is 2.93. The largest absolute Gasteiger partial charge is 0.493 e. The van der Waals surface area contributed by atoms with Gasteiger partial charge in [0.1, 0.15) is 5.75 Å². The highest BCUT2D eigenvalue weighted by Gasteiger charge is 2.28. The summed E-state index contributed by atoms with van der Waals surface area (Å²) in [6.45, 7) is 0.721. The van der Waals surface area contributed by atoms with Crippen LogP contribution in [0.2, 0.25) is 0 Å². The van der Waals surface area contributed by atoms with Gasteiger partial charge in [0.15, 0.2) is 5.78 Å². The topological polar surface area (TPSA) is 39.2 Å². The van der Waals surface area contributed by atoms with E-state index >= 15 is 0 Å². The predicted octanol–water partition coefficient (Wildman–Crippen LogP) is 3.60. The standard InChI is InChI=1S/C17H12BrNO2/c18-15-9-19-3-1-10(15)5-13-7-12-6-11-2-4-21-16(11)8-14(12)17(13)20/h1,3,5-6,8-9H,2,4,7H2/b13-5+. The molecule has 0 bridgehead atoms. The van der Waals surface area contributed by atoms with Crippen LogP contribution in [0.1, 0.15) is 27.0 Å². The van der Waals surface area contributed by atoms with Crippen LogP contribution in [0.3, 0.4) is 0 Å². The molecule has 3 nitrogen and oxygen atoms in total. The molecular formula is C17H12BrNO2. The van der Waals surface area contributed by atoms with E-state index in [0.29, 0.717) is 6.42 Å². The van der Waals surface area contributed by atoms with E-state index in [9.17, 15) is 4.79 Å². The molecule has 1 aromatic heterocycles. The van der Waals surface area contributed by atoms with Gasteiger partial charge >= 0.3 is 0 Å². The quantitative estimate of drug-likeness (QED) is 0.744. The molecule has 2 heterocycles. The number of halogens is 1. The first-order valence-corrected chi connectivity index (χ1v) is 7.65. The second-order valence-electron chi connectivity index (χ2n) is 5.29. The van der Waals surface area contributed by atoms with Crippen molar-refractivity contribution in [2.45, 2.75) is 12.8 Å². The molecule has 0 fully saturated rings. The van der Waals surface area contributed by atoms with Crippen LogP contribution >= 0.6 is 15.9 Å². The van der Waals surface area contributed by atoms with E-state index in [1.807, 2.05) is 18.2 Å². The third-order valence-electron chi connectivity index (χ3n) is 3.97. The minimum Gasteiger partial charge on any atom is -0.493 e. The lowest BCUT2D eigenvalue weighted by molar-refractivity contribution is 0.104. The zero-order valence-corrected chi connectivity index (χ0v) is 12.8. The fourth-order valence-electron chi connectivity index (χ4n) is 2.90. The number of aromatic nitrogens is 1. The Bertz CT molecular complexity index is 795. The SMILES string of the molecule is O=C1/C(=C/c2ccncc2Br)Cc2cc3c(cc21)OCC3. The Labute approximate surface area is 130 Å². The molecule has 0 spiro atoms. The number of benzene rings is 1. The maximum atomic E-state index is 12.6. The van der Waals surface area contributed by atoms with Crippen LogP contribution in [0, 0.1) is 0 Å². The molecule has 0 N–H and O–H groups in total. The summed E-state index contributed by atoms with van der Waals surface area (Å²) in [5.74, 6) is 0.973. The van der Waals surface area contributed by atoms with Crippen LogP contribution in [-0.4, -0.2) is 17.4 Å². The lowest BCUT2D eigenvalue weighted by Gasteiger charge is -2.01. The molecule has 4 heteroatoms. The number of hydrogen-bond acceptors (Lipinski definition) is 3. The summed E-state index contributed by atoms with van der Waals surface area (Å²) in [6.07, 6.45) is 7.04. The average Bonchev–Trinajstić information content (AvgIpc) is 3.05. The van der Waals surface area contributed by atoms with Gasteiger partial charge in [0.2, 0.25) is 0 Å². The molecule has 2 aliphatic rings. The van der Waals surface area contributed by atoms with Crippen LogP contribution in [0.15, 0.2) is 40.6 Å². The molecule has 0 radical (unpaired) electrons. The average molecular weight is 342 g/mol. The van der Waals surface area contributed by atoms with E-state index in [1.165, 1.54) is 5.56 Å². The second-order valence-corrected chi connectivity index (χ2v) is 6.14. The van der Waals surface area contributed by atoms with Crippen molar-refractivity contribution in [3.63, 3.8) is 0 Å². The van der Waals surface area contributed by atoms with Gasteiger partial charge in [-0.15, -0.1) is 0 Å². The van der Waals surface area contributed by atoms with E-state index in [2.05, 4.69) is 27.0 Å². The number of carbonyl (C=O) groups excluding carboxylic acids is 1. The Morgan fingerprint density at radius 2 is 2.19 bits per heavy atom. The highest BCUT2D eigenvalue weighted by Crippen LogP contribution is 2.36. The number of ketones is 1. The van der Waals surface area contributed by atoms with Crippen molar-refractivity contribution in [3.05, 3.63) is 62.9 Å². The molecule has 0 amide bonds. The number of rotatable bonds is 1. The molecule has 1 aliphatic heterocycles. The molecule has 21 heavy (non-hydrogen) atoms. The van der Waals surface area contributed by atoms with Gasteiger partial charge in [-0.2, -0.15) is 0 Å². The van der Waals surface area contributed by atoms with Crippen molar-refractivity contribution in [2.75, 3.05) is 6.61 Å². The fraction of sp³-hybridized carbons (Fsp3) is 0.176. The molecule has 104 valence electrons. The zero-order chi connectivity index (χ0) is 14.4. The van der Waals surface area contributed by atoms with Crippen molar-refractivity contribution >= 4 is 27.8 Å². The van der Waals surface area contributed by atoms with Crippen molar-refractivity contribution in [1.82, 2.24) is 4.98 Å². The second kappa shape index (κ2) is 4.81. The maximum absolute atomic E-state index is 12.6. The van der Waals surface area contributed by atoms with Crippen LogP contribution < -0.4 is 4.74 Å². The summed E-state index contributed by atoms with van der Waals surface area (Å²) in [4.78, 5) is 16.6. The molecule has 1 aliphatic carbocycles. The molecule has 0 atom stereocenters. The summed E-state index contributed by atoms with van der Waals surface area (Å²) in [6, 6.07) is 5.93. The van der Waals surface area contributed by atoms with E-state index in [0.717, 1.165) is 45.5 Å². The van der Waals surface area contributed by atoms with Gasteiger partial charge in [-0.25, -0.2) is 0 Å². The molecule has 1 aromatic carbocycles. The van der Waals surface area contributed by atoms with E-state index in [1.54, 1.807) is 12.4 Å². The lowest BCUT2D eigenvalue weighted by Crippen LogP contribution is -1.96. The summed E-state index contributed by atoms with van der Waals surface area (Å²) >= 11 is 3.46. The lowest BCUT2D eigenvalue weighted by atomic mass is 10.0. The Morgan fingerprint density at radius 1 is 1.29 bits per heavy atom. The number of allylic oxidation sites excluding steroid dienone is 1. The van der Waals surface area contributed by atoms with Crippen LogP contribution in [0.4, 0.5) is 0 Å². The highest BCUT2D eigenvalue weighted by molar-refractivity contribution is 9.10. The number of fused-ring (bicyclic) bond motifs is 2. The van der Waals surface area contributed by atoms with Gasteiger partial charge in [-0.1, -0.05) is 6.07 Å². The fourth-order valence-corrected chi connectivity index (χ4v) is 3.26. The summed E-state index contributed by atoms with van der Waals surface area (Å²) in [7, 11) is 0. The summed E-state index contributed by atoms with van der Waals surface area (Å²) in [5.41, 5.74) is 4.91. The Balaban J connectivity index is 1.75. The number of carbonyl (C=O) groups is 1. The Hall–Kier alpha value is -1.94. The molecule has 0 unspecified atom stereocenters. The third kappa shape index (κ3) is 2.10. The monoisotopic (exact) mass is 341 g/mol. The highest BCUT2D eigenvalue weighted by atomic mass is 79.9. The maximum Gasteiger partial charge on any atom is 0.189 e. The van der Waals surface area contributed by atoms with Gasteiger partial charge in [0.05, 0.1) is 6.61 Å². The molecule has 0 saturated carbocycles. The number of nitrogens with zero attached hydrogens (tertiary/aromatic N) is 1. The van der Waals surface area contributed by atoms with Crippen LogP contribution in [-0.2, 0) is 12.8 Å². The predicted molar refractivity (Wildman–Crippen MR) is 83.6 cm³/mol. The van der Waals surface area contributed by atoms with Crippen molar-refractivity contribution in [2.24, 2.45) is 0 Å². The first kappa shape index (κ1) is 12.8. The van der Waals surface area contributed by atoms with Crippen LogP contribution in [0.25, 0.3) is 6.08 Å². The van der Waals surface area contributed by atoms with Crippen molar-refractivity contribution < 1.29 is 9.53 Å². The van der Waals surface area contributed by atoms with Gasteiger partial charge < -0.3 is 4.74 Å². The van der Waals surface area contributed by atoms with E-state index < -0.39 is 0 Å². The number of hydrogen-bond donors (Lipinski definition) is 0. The molecular weight excluding hydrogens is 330 g/mol. The Morgan fingerprint density at radius 3 is 3.05 bits per heavy atom. The van der Waals surface area contributed by atoms with E-state index in [-0.39, 0.29) is 5.78 Å². The summed E-state index contributed by atoms with van der Waals surface area (Å²) < 4.78 is 6.45. The summed E-state index contributed by atoms with van der Waals surface area (Å²) in [5, 5.41) is 0. The zero-order valence-electron chi connectivity index (χ0n) is 11.2. The van der Waals surface area contributed by atoms with Crippen LogP contribution in [0.5, 0.6) is 5.75 Å². The third-order valence-corrected chi connectivity index (χ3v) is 4.63. The van der Waals surface area contributed by atoms with Crippen molar-refractivity contribution in [3.8, 4) is 5.75 Å². The first-order chi connectivity index (χ1) is 10.2. The number of ether oxygens (including phenoxy) is 1. The van der Waals surface area contributed by atoms with Crippen molar-refractivity contribution in [1.29, 1.82) is 0 Å². The van der Waals surface area contributed by atoms with E-state index in [4.69, 9.17) is 4.74 Å². The molecule has 0 saturated heterocycles. The first-order valence-electron chi connectivity index (χ1n) is 6.86. The molecule has 2 aromatic rings. The van der Waals surface area contributed by atoms with Gasteiger partial charge in [0, 0.05) is 40.8 Å². The van der Waals surface area contributed by atoms with Gasteiger partial charge in [0.25, 0.3) is 0 Å². The molecule has 4 rings (SSSR count). The minimum atomic E-state index is 0.104. The van der Waals surface area contributed by atoms with Gasteiger partial charge in [-0.3, -0.25) is 9.78 Å². The number of pyridine rings is 1.